The number of nitrogens with one attached hydrogen (secondary N) is 1. The van der Waals surface area contributed by atoms with Crippen LogP contribution < -0.4 is 5.32 Å². The van der Waals surface area contributed by atoms with E-state index in [1.165, 1.54) is 6.42 Å². The molecule has 1 atom stereocenters. The molecule has 1 aromatic rings. The highest BCUT2D eigenvalue weighted by molar-refractivity contribution is 6.28. The lowest BCUT2D eigenvalue weighted by Gasteiger charge is -2.15. The number of nitrogens with zero attached hydrogens (tertiary/aromatic N) is 2. The first-order chi connectivity index (χ1) is 7.47. The molecule has 0 aliphatic carbocycles. The summed E-state index contributed by atoms with van der Waals surface area (Å²) in [5, 5.41) is 3.65. The third-order valence-electron chi connectivity index (χ3n) is 2.40. The molecule has 0 spiro atoms. The van der Waals surface area contributed by atoms with Crippen LogP contribution >= 0.6 is 11.6 Å². The predicted octanol–water partition coefficient (Wildman–Crippen LogP) is 3.68. The fourth-order valence-corrected chi connectivity index (χ4v) is 1.74. The van der Waals surface area contributed by atoms with E-state index in [0.717, 1.165) is 23.9 Å². The van der Waals surface area contributed by atoms with E-state index in [1.54, 1.807) is 0 Å². The van der Waals surface area contributed by atoms with E-state index < -0.39 is 0 Å². The quantitative estimate of drug-likeness (QED) is 0.800. The van der Waals surface area contributed by atoms with E-state index >= 15 is 0 Å². The van der Waals surface area contributed by atoms with Gasteiger partial charge in [0.25, 0.3) is 0 Å². The van der Waals surface area contributed by atoms with Gasteiger partial charge < -0.3 is 5.32 Å². The molecule has 0 amide bonds. The molecule has 0 bridgehead atoms. The zero-order chi connectivity index (χ0) is 12.1. The van der Waals surface area contributed by atoms with Crippen molar-refractivity contribution >= 4 is 17.4 Å². The van der Waals surface area contributed by atoms with Crippen molar-refractivity contribution in [2.24, 2.45) is 5.92 Å². The highest BCUT2D eigenvalue weighted by Gasteiger charge is 2.06. The Balaban J connectivity index is 2.52. The monoisotopic (exact) mass is 241 g/mol. The van der Waals surface area contributed by atoms with Crippen molar-refractivity contribution < 1.29 is 0 Å². The summed E-state index contributed by atoms with van der Waals surface area (Å²) in [6, 6.07) is 2.32. The van der Waals surface area contributed by atoms with E-state index in [1.807, 2.05) is 13.0 Å². The van der Waals surface area contributed by atoms with Crippen LogP contribution in [0.5, 0.6) is 0 Å². The lowest BCUT2D eigenvalue weighted by Crippen LogP contribution is -2.17. The van der Waals surface area contributed by atoms with E-state index in [9.17, 15) is 0 Å². The van der Waals surface area contributed by atoms with E-state index in [2.05, 4.69) is 36.1 Å². The highest BCUT2D eigenvalue weighted by atomic mass is 35.5. The van der Waals surface area contributed by atoms with Gasteiger partial charge in [-0.05, 0) is 44.2 Å². The minimum atomic E-state index is 0.304. The van der Waals surface area contributed by atoms with E-state index in [0.29, 0.717) is 11.3 Å². The molecular formula is C12H20ClN3. The summed E-state index contributed by atoms with van der Waals surface area (Å²) in [6.07, 6.45) is 2.35. The van der Waals surface area contributed by atoms with Gasteiger partial charge >= 0.3 is 0 Å². The number of aryl methyl sites for hydroxylation is 1. The molecule has 4 heteroatoms. The number of rotatable bonds is 5. The van der Waals surface area contributed by atoms with Gasteiger partial charge in [-0.15, -0.1) is 0 Å². The van der Waals surface area contributed by atoms with Crippen LogP contribution in [-0.4, -0.2) is 16.0 Å². The summed E-state index contributed by atoms with van der Waals surface area (Å²) >= 11 is 5.80. The van der Waals surface area contributed by atoms with Crippen molar-refractivity contribution in [2.45, 2.75) is 46.6 Å². The first kappa shape index (κ1) is 13.2. The minimum Gasteiger partial charge on any atom is -0.367 e. The molecular weight excluding hydrogens is 222 g/mol. The number of halogens is 1. The number of hydrogen-bond acceptors (Lipinski definition) is 3. The van der Waals surface area contributed by atoms with Crippen LogP contribution in [0.1, 0.15) is 39.3 Å². The largest absolute Gasteiger partial charge is 0.367 e. The zero-order valence-corrected chi connectivity index (χ0v) is 11.2. The van der Waals surface area contributed by atoms with E-state index in [4.69, 9.17) is 11.6 Å². The molecule has 0 fully saturated rings. The van der Waals surface area contributed by atoms with Crippen LogP contribution in [0.25, 0.3) is 0 Å². The van der Waals surface area contributed by atoms with Crippen molar-refractivity contribution in [3.05, 3.63) is 17.0 Å². The van der Waals surface area contributed by atoms with Gasteiger partial charge in [-0.25, -0.2) is 9.97 Å². The van der Waals surface area contributed by atoms with Gasteiger partial charge in [-0.2, -0.15) is 0 Å². The Hall–Kier alpha value is -0.830. The summed E-state index contributed by atoms with van der Waals surface area (Å²) in [6.45, 7) is 8.54. The summed E-state index contributed by atoms with van der Waals surface area (Å²) in [4.78, 5) is 8.17. The van der Waals surface area contributed by atoms with Crippen LogP contribution in [0.4, 0.5) is 5.82 Å². The summed E-state index contributed by atoms with van der Waals surface area (Å²) in [5.74, 6) is 1.55. The molecule has 0 radical (unpaired) electrons. The van der Waals surface area contributed by atoms with Crippen molar-refractivity contribution in [1.82, 2.24) is 9.97 Å². The van der Waals surface area contributed by atoms with Gasteiger partial charge in [-0.3, -0.25) is 0 Å². The molecule has 0 aliphatic heterocycles. The Morgan fingerprint density at radius 3 is 2.50 bits per heavy atom. The first-order valence-electron chi connectivity index (χ1n) is 5.75. The lowest BCUT2D eigenvalue weighted by atomic mass is 10.0. The predicted molar refractivity (Wildman–Crippen MR) is 68.9 cm³/mol. The van der Waals surface area contributed by atoms with Crippen LogP contribution in [-0.2, 0) is 0 Å². The molecule has 16 heavy (non-hydrogen) atoms. The van der Waals surface area contributed by atoms with Crippen molar-refractivity contribution in [3.63, 3.8) is 0 Å². The molecule has 0 saturated carbocycles. The van der Waals surface area contributed by atoms with Crippen LogP contribution in [0.3, 0.4) is 0 Å². The van der Waals surface area contributed by atoms with Crippen molar-refractivity contribution in [1.29, 1.82) is 0 Å². The number of anilines is 1. The third-order valence-corrected chi connectivity index (χ3v) is 2.57. The topological polar surface area (TPSA) is 37.8 Å². The van der Waals surface area contributed by atoms with Crippen molar-refractivity contribution in [3.8, 4) is 0 Å². The molecule has 3 nitrogen and oxygen atoms in total. The molecule has 1 N–H and O–H groups in total. The summed E-state index contributed by atoms with van der Waals surface area (Å²) in [7, 11) is 0. The minimum absolute atomic E-state index is 0.304. The fourth-order valence-electron chi connectivity index (χ4n) is 1.51. The van der Waals surface area contributed by atoms with Gasteiger partial charge in [0.05, 0.1) is 0 Å². The molecule has 1 rings (SSSR count). The molecule has 1 unspecified atom stereocenters. The first-order valence-corrected chi connectivity index (χ1v) is 6.13. The van der Waals surface area contributed by atoms with Crippen LogP contribution in [0, 0.1) is 12.8 Å². The molecule has 1 aromatic heterocycles. The van der Waals surface area contributed by atoms with Gasteiger partial charge in [-0.1, -0.05) is 13.8 Å². The lowest BCUT2D eigenvalue weighted by molar-refractivity contribution is 0.527. The third kappa shape index (κ3) is 4.79. The maximum Gasteiger partial charge on any atom is 0.224 e. The number of aromatic nitrogens is 2. The standard InChI is InChI=1S/C12H20ClN3/c1-8(2)5-6-9(3)14-11-7-10(4)15-12(13)16-11/h7-9H,5-6H2,1-4H3,(H,14,15,16). The Bertz CT molecular complexity index is 319. The second kappa shape index (κ2) is 6.04. The molecule has 90 valence electrons. The molecule has 0 saturated heterocycles. The van der Waals surface area contributed by atoms with Crippen LogP contribution in [0.15, 0.2) is 6.07 Å². The average Bonchev–Trinajstić information content (AvgIpc) is 2.12. The van der Waals surface area contributed by atoms with E-state index in [-0.39, 0.29) is 0 Å². The molecule has 0 aromatic carbocycles. The molecule has 1 heterocycles. The van der Waals surface area contributed by atoms with Gasteiger partial charge in [0.15, 0.2) is 0 Å². The Morgan fingerprint density at radius 2 is 1.94 bits per heavy atom. The summed E-state index contributed by atoms with van der Waals surface area (Å²) < 4.78 is 0. The SMILES string of the molecule is Cc1cc(NC(C)CCC(C)C)nc(Cl)n1. The van der Waals surface area contributed by atoms with Gasteiger partial charge in [0, 0.05) is 17.8 Å². The van der Waals surface area contributed by atoms with Crippen LogP contribution in [0.2, 0.25) is 5.28 Å². The Morgan fingerprint density at radius 1 is 1.25 bits per heavy atom. The second-order valence-corrected chi connectivity index (χ2v) is 5.02. The average molecular weight is 242 g/mol. The molecule has 0 aliphatic rings. The van der Waals surface area contributed by atoms with Crippen molar-refractivity contribution in [2.75, 3.05) is 5.32 Å². The van der Waals surface area contributed by atoms with Gasteiger partial charge in [0.2, 0.25) is 5.28 Å². The normalized spacial score (nSPS) is 12.9. The number of hydrogen-bond donors (Lipinski definition) is 1. The summed E-state index contributed by atoms with van der Waals surface area (Å²) in [5.41, 5.74) is 0.888. The zero-order valence-electron chi connectivity index (χ0n) is 10.4. The maximum absolute atomic E-state index is 5.80. The smallest absolute Gasteiger partial charge is 0.224 e. The fraction of sp³-hybridized carbons (Fsp3) is 0.667. The Labute approximate surface area is 103 Å². The second-order valence-electron chi connectivity index (χ2n) is 4.68. The maximum atomic E-state index is 5.80. The Kier molecular flexibility index (Phi) is 5.00. The van der Waals surface area contributed by atoms with Gasteiger partial charge in [0.1, 0.15) is 5.82 Å². The highest BCUT2D eigenvalue weighted by Crippen LogP contribution is 2.14.